The molecular weight excluding hydrogens is 564 g/mol. The molecule has 1 fully saturated rings. The number of urea groups is 1. The first kappa shape index (κ1) is 27.4. The van der Waals surface area contributed by atoms with E-state index < -0.39 is 24.4 Å². The van der Waals surface area contributed by atoms with Crippen LogP contribution in [-0.2, 0) is 22.6 Å². The van der Waals surface area contributed by atoms with Crippen LogP contribution in [0.4, 0.5) is 10.5 Å². The number of nitriles is 1. The Morgan fingerprint density at radius 3 is 2.54 bits per heavy atom. The topological polar surface area (TPSA) is 121 Å². The molecule has 10 heteroatoms. The molecule has 1 saturated heterocycles. The number of amides is 4. The second-order valence-electron chi connectivity index (χ2n) is 8.52. The molecule has 0 aliphatic carbocycles. The van der Waals surface area contributed by atoms with Crippen molar-refractivity contribution in [1.29, 1.82) is 5.26 Å². The summed E-state index contributed by atoms with van der Waals surface area (Å²) in [5.74, 6) is -0.296. The number of halogens is 1. The summed E-state index contributed by atoms with van der Waals surface area (Å²) in [5.41, 5.74) is 3.39. The summed E-state index contributed by atoms with van der Waals surface area (Å²) in [6.07, 6.45) is 2.22. The van der Waals surface area contributed by atoms with Gasteiger partial charge < -0.3 is 20.1 Å². The van der Waals surface area contributed by atoms with Gasteiger partial charge in [0.2, 0.25) is 5.91 Å². The van der Waals surface area contributed by atoms with Gasteiger partial charge in [-0.25, -0.2) is 9.69 Å². The van der Waals surface area contributed by atoms with Gasteiger partial charge >= 0.3 is 6.03 Å². The quantitative estimate of drug-likeness (QED) is 0.268. The summed E-state index contributed by atoms with van der Waals surface area (Å²) in [6.45, 7) is 1.70. The molecule has 2 N–H and O–H groups in total. The smallest absolute Gasteiger partial charge is 0.329 e. The van der Waals surface area contributed by atoms with Gasteiger partial charge in [0.1, 0.15) is 18.8 Å². The number of rotatable bonds is 9. The van der Waals surface area contributed by atoms with Gasteiger partial charge in [-0.3, -0.25) is 9.59 Å². The lowest BCUT2D eigenvalue weighted by Gasteiger charge is -2.14. The number of methoxy groups -OCH3 is 1. The van der Waals surface area contributed by atoms with E-state index in [1.165, 1.54) is 13.2 Å². The molecule has 0 radical (unpaired) electrons. The number of imide groups is 1. The van der Waals surface area contributed by atoms with Gasteiger partial charge in [0.05, 0.1) is 18.7 Å². The number of aryl methyl sites for hydroxylation is 1. The van der Waals surface area contributed by atoms with E-state index in [-0.39, 0.29) is 12.3 Å². The molecule has 0 bridgehead atoms. The molecular formula is C29H25BrN4O5. The van der Waals surface area contributed by atoms with Crippen molar-refractivity contribution < 1.29 is 23.9 Å². The summed E-state index contributed by atoms with van der Waals surface area (Å²) in [7, 11) is 1.48. The molecule has 3 aromatic carbocycles. The number of ether oxygens (including phenoxy) is 2. The number of para-hydroxylation sites is 1. The van der Waals surface area contributed by atoms with Gasteiger partial charge in [0, 0.05) is 15.7 Å². The van der Waals surface area contributed by atoms with Crippen molar-refractivity contribution in [3.63, 3.8) is 0 Å². The van der Waals surface area contributed by atoms with E-state index in [4.69, 9.17) is 9.47 Å². The molecule has 39 heavy (non-hydrogen) atoms. The van der Waals surface area contributed by atoms with Crippen LogP contribution in [0.15, 0.2) is 70.8 Å². The molecule has 9 nitrogen and oxygen atoms in total. The number of benzene rings is 3. The van der Waals surface area contributed by atoms with Crippen LogP contribution in [0.3, 0.4) is 0 Å². The average molecular weight is 589 g/mol. The fourth-order valence-corrected chi connectivity index (χ4v) is 4.44. The van der Waals surface area contributed by atoms with Crippen molar-refractivity contribution in [2.24, 2.45) is 0 Å². The first-order valence-electron chi connectivity index (χ1n) is 12.0. The van der Waals surface area contributed by atoms with Crippen LogP contribution in [0.2, 0.25) is 0 Å². The number of nitrogens with one attached hydrogen (secondary N) is 2. The van der Waals surface area contributed by atoms with Crippen molar-refractivity contribution >= 4 is 45.5 Å². The van der Waals surface area contributed by atoms with Crippen molar-refractivity contribution in [2.75, 3.05) is 19.0 Å². The van der Waals surface area contributed by atoms with Crippen LogP contribution < -0.4 is 20.1 Å². The Bertz CT molecular complexity index is 1510. The molecule has 0 saturated carbocycles. The van der Waals surface area contributed by atoms with Gasteiger partial charge in [-0.1, -0.05) is 59.3 Å². The Kier molecular flexibility index (Phi) is 8.63. The summed E-state index contributed by atoms with van der Waals surface area (Å²) in [4.78, 5) is 39.0. The Labute approximate surface area is 234 Å². The fourth-order valence-electron chi connectivity index (χ4n) is 4.00. The fraction of sp³-hybridized carbons (Fsp3) is 0.172. The molecule has 0 aromatic heterocycles. The second-order valence-corrected chi connectivity index (χ2v) is 9.37. The van der Waals surface area contributed by atoms with Gasteiger partial charge in [-0.05, 0) is 47.9 Å². The largest absolute Gasteiger partial charge is 0.493 e. The van der Waals surface area contributed by atoms with E-state index in [0.29, 0.717) is 32.8 Å². The number of carbonyl (C=O) groups is 3. The van der Waals surface area contributed by atoms with Gasteiger partial charge in [-0.15, -0.1) is 0 Å². The van der Waals surface area contributed by atoms with E-state index >= 15 is 0 Å². The lowest BCUT2D eigenvalue weighted by molar-refractivity contribution is -0.127. The highest BCUT2D eigenvalue weighted by atomic mass is 79.9. The first-order valence-corrected chi connectivity index (χ1v) is 12.8. The molecule has 1 aliphatic rings. The van der Waals surface area contributed by atoms with E-state index in [1.54, 1.807) is 36.4 Å². The van der Waals surface area contributed by atoms with E-state index in [9.17, 15) is 19.6 Å². The Morgan fingerprint density at radius 1 is 1.10 bits per heavy atom. The molecule has 0 unspecified atom stereocenters. The first-order chi connectivity index (χ1) is 18.8. The minimum Gasteiger partial charge on any atom is -0.493 e. The van der Waals surface area contributed by atoms with Crippen LogP contribution in [0, 0.1) is 11.3 Å². The van der Waals surface area contributed by atoms with Crippen LogP contribution in [0.25, 0.3) is 6.08 Å². The minimum absolute atomic E-state index is 0.0149. The molecule has 4 amide bonds. The van der Waals surface area contributed by atoms with Crippen molar-refractivity contribution in [3.8, 4) is 17.6 Å². The number of hydrogen-bond donors (Lipinski definition) is 2. The maximum atomic E-state index is 13.0. The van der Waals surface area contributed by atoms with E-state index in [0.717, 1.165) is 22.4 Å². The zero-order valence-corrected chi connectivity index (χ0v) is 22.9. The molecule has 198 valence electrons. The standard InChI is InChI=1S/C29H25BrN4O5/c1-3-18-8-6-7-11-23(18)32-27(35)16-34-28(36)24(33-29(34)37)12-21-13-25(38-2)26(14-22(21)30)39-17-20-10-5-4-9-19(20)15-31/h4-14H,3,16-17H2,1-2H3,(H,32,35)(H,33,37)/b24-12+. The Morgan fingerprint density at radius 2 is 1.82 bits per heavy atom. The van der Waals surface area contributed by atoms with Gasteiger partial charge in [-0.2, -0.15) is 5.26 Å². The van der Waals surface area contributed by atoms with Crippen LogP contribution in [0.1, 0.15) is 29.2 Å². The van der Waals surface area contributed by atoms with Crippen molar-refractivity contribution in [1.82, 2.24) is 10.2 Å². The predicted octanol–water partition coefficient (Wildman–Crippen LogP) is 5.00. The summed E-state index contributed by atoms with van der Waals surface area (Å²) >= 11 is 3.48. The van der Waals surface area contributed by atoms with Crippen molar-refractivity contribution in [3.05, 3.63) is 93.1 Å². The Hall–Kier alpha value is -4.62. The number of carbonyl (C=O) groups excluding carboxylic acids is 3. The number of anilines is 1. The van der Waals surface area contributed by atoms with E-state index in [1.807, 2.05) is 31.2 Å². The van der Waals surface area contributed by atoms with Gasteiger partial charge in [0.15, 0.2) is 11.5 Å². The number of hydrogen-bond acceptors (Lipinski definition) is 6. The molecule has 0 spiro atoms. The highest BCUT2D eigenvalue weighted by Crippen LogP contribution is 2.35. The second kappa shape index (κ2) is 12.3. The SMILES string of the molecule is CCc1ccccc1NC(=O)CN1C(=O)N/C(=C/c2cc(OC)c(OCc3ccccc3C#N)cc2Br)C1=O. The monoisotopic (exact) mass is 588 g/mol. The summed E-state index contributed by atoms with van der Waals surface area (Å²) in [5, 5.41) is 14.6. The highest BCUT2D eigenvalue weighted by molar-refractivity contribution is 9.10. The summed E-state index contributed by atoms with van der Waals surface area (Å²) in [6, 6.07) is 19.3. The average Bonchev–Trinajstić information content (AvgIpc) is 3.20. The van der Waals surface area contributed by atoms with Crippen molar-refractivity contribution in [2.45, 2.75) is 20.0 Å². The molecule has 4 rings (SSSR count). The molecule has 3 aromatic rings. The summed E-state index contributed by atoms with van der Waals surface area (Å²) < 4.78 is 12.0. The molecule has 0 atom stereocenters. The maximum Gasteiger partial charge on any atom is 0.329 e. The van der Waals surface area contributed by atoms with Crippen LogP contribution in [-0.4, -0.2) is 36.4 Å². The Balaban J connectivity index is 1.49. The van der Waals surface area contributed by atoms with Crippen LogP contribution >= 0.6 is 15.9 Å². The third-order valence-corrected chi connectivity index (χ3v) is 6.73. The molecule has 1 heterocycles. The maximum absolute atomic E-state index is 13.0. The van der Waals surface area contributed by atoms with E-state index in [2.05, 4.69) is 32.6 Å². The normalized spacial score (nSPS) is 13.7. The van der Waals surface area contributed by atoms with Gasteiger partial charge in [0.25, 0.3) is 5.91 Å². The minimum atomic E-state index is -0.690. The zero-order chi connectivity index (χ0) is 27.9. The third-order valence-electron chi connectivity index (χ3n) is 6.04. The molecule has 1 aliphatic heterocycles. The van der Waals surface area contributed by atoms with Crippen LogP contribution in [0.5, 0.6) is 11.5 Å². The lowest BCUT2D eigenvalue weighted by atomic mass is 10.1. The predicted molar refractivity (Wildman–Crippen MR) is 149 cm³/mol. The lowest BCUT2D eigenvalue weighted by Crippen LogP contribution is -2.38. The highest BCUT2D eigenvalue weighted by Gasteiger charge is 2.35. The third kappa shape index (κ3) is 6.27. The zero-order valence-electron chi connectivity index (χ0n) is 21.3. The number of nitrogens with zero attached hydrogens (tertiary/aromatic N) is 2.